The molecule has 0 aromatic carbocycles. The Morgan fingerprint density at radius 3 is 2.34 bits per heavy atom. The molecular weight excluding hydrogens is 849 g/mol. The van der Waals surface area contributed by atoms with E-state index >= 15 is 0 Å². The number of aliphatic hydroxyl groups excluding tert-OH is 4. The summed E-state index contributed by atoms with van der Waals surface area (Å²) in [6.07, 6.45) is -4.06. The summed E-state index contributed by atoms with van der Waals surface area (Å²) in [5.74, 6) is -0.989. The molecule has 0 amide bonds. The summed E-state index contributed by atoms with van der Waals surface area (Å²) in [5.41, 5.74) is 1.05. The Morgan fingerprint density at radius 2 is 1.55 bits per heavy atom. The highest BCUT2D eigenvalue weighted by molar-refractivity contribution is 5.70. The summed E-state index contributed by atoms with van der Waals surface area (Å²) >= 11 is 0. The lowest BCUT2D eigenvalue weighted by Crippen LogP contribution is -2.59. The van der Waals surface area contributed by atoms with Gasteiger partial charge in [-0.2, -0.15) is 0 Å². The van der Waals surface area contributed by atoms with E-state index in [0.29, 0.717) is 71.0 Å². The Balaban J connectivity index is 0.690. The van der Waals surface area contributed by atoms with E-state index in [1.165, 1.54) is 0 Å². The fourth-order valence-electron chi connectivity index (χ4n) is 13.0. The number of hydrogen-bond acceptors (Lipinski definition) is 17. The van der Waals surface area contributed by atoms with E-state index in [0.717, 1.165) is 12.0 Å². The minimum Gasteiger partial charge on any atom is -0.459 e. The third-order valence-corrected chi connectivity index (χ3v) is 16.3. The molecule has 0 aromatic rings. The molecule has 0 aromatic heterocycles. The zero-order valence-corrected chi connectivity index (χ0v) is 38.6. The van der Waals surface area contributed by atoms with Gasteiger partial charge in [0.15, 0.2) is 12.1 Å². The fourth-order valence-corrected chi connectivity index (χ4v) is 13.0. The molecule has 10 aliphatic rings. The van der Waals surface area contributed by atoms with Crippen molar-refractivity contribution in [1.29, 1.82) is 0 Å². The van der Waals surface area contributed by atoms with E-state index < -0.39 is 85.2 Å². The average molecular weight is 923 g/mol. The first-order valence-corrected chi connectivity index (χ1v) is 24.9. The quantitative estimate of drug-likeness (QED) is 0.184. The number of esters is 1. The Labute approximate surface area is 382 Å². The minimum absolute atomic E-state index is 0.0163. The lowest BCUT2D eigenvalue weighted by Gasteiger charge is -2.48. The molecule has 4 N–H and O–H groups in total. The molecule has 10 fully saturated rings. The third-order valence-electron chi connectivity index (χ3n) is 16.3. The van der Waals surface area contributed by atoms with Crippen LogP contribution in [0.2, 0.25) is 0 Å². The molecular formula is C48H74O17. The molecule has 10 saturated heterocycles. The van der Waals surface area contributed by atoms with Crippen molar-refractivity contribution in [2.24, 2.45) is 17.8 Å². The molecule has 0 bridgehead atoms. The largest absolute Gasteiger partial charge is 0.459 e. The monoisotopic (exact) mass is 922 g/mol. The van der Waals surface area contributed by atoms with Crippen molar-refractivity contribution < 1.29 is 82.1 Å². The Kier molecular flexibility index (Phi) is 13.9. The Hall–Kier alpha value is -1.39. The van der Waals surface area contributed by atoms with Gasteiger partial charge in [-0.3, -0.25) is 4.79 Å². The summed E-state index contributed by atoms with van der Waals surface area (Å²) in [5, 5.41) is 43.4. The van der Waals surface area contributed by atoms with Crippen molar-refractivity contribution in [3.63, 3.8) is 0 Å². The molecule has 0 aliphatic carbocycles. The summed E-state index contributed by atoms with van der Waals surface area (Å²) < 4.78 is 76.7. The minimum atomic E-state index is -1.15. The van der Waals surface area contributed by atoms with Gasteiger partial charge in [0, 0.05) is 44.4 Å². The summed E-state index contributed by atoms with van der Waals surface area (Å²) in [6, 6.07) is 0. The second-order valence-corrected chi connectivity index (χ2v) is 21.7. The van der Waals surface area contributed by atoms with Gasteiger partial charge in [-0.15, -0.1) is 0 Å². The number of ether oxygens (including phenoxy) is 12. The van der Waals surface area contributed by atoms with Gasteiger partial charge in [0.25, 0.3) is 0 Å². The van der Waals surface area contributed by atoms with Gasteiger partial charge in [0.2, 0.25) is 0 Å². The summed E-state index contributed by atoms with van der Waals surface area (Å²) in [4.78, 5) is 13.6. The van der Waals surface area contributed by atoms with E-state index in [1.807, 2.05) is 6.92 Å². The zero-order chi connectivity index (χ0) is 45.5. The van der Waals surface area contributed by atoms with Crippen LogP contribution in [0.3, 0.4) is 0 Å². The van der Waals surface area contributed by atoms with Crippen LogP contribution in [0.15, 0.2) is 12.2 Å². The number of carbonyl (C=O) groups is 1. The molecule has 25 atom stereocenters. The SMILES string of the molecule is C=C1COC(CCC2OC(C3CC(O)[C@H]4OC(CC(=O)OC5[C@H](C)O[C@H]6C[C@H]7O[C@@]8(CC9OC(OC%10C[C@@H](O)COC%10C(C)C)C[C@H](C)C9O8)C[C@H]7O[C@H]6[C@@H]5C)CCC4O3)C(O)C2O)C1. The van der Waals surface area contributed by atoms with Crippen LogP contribution in [0.1, 0.15) is 112 Å². The van der Waals surface area contributed by atoms with Gasteiger partial charge in [0.05, 0.1) is 117 Å². The van der Waals surface area contributed by atoms with Crippen LogP contribution in [0.25, 0.3) is 0 Å². The molecule has 0 radical (unpaired) electrons. The van der Waals surface area contributed by atoms with Crippen LogP contribution in [0.4, 0.5) is 0 Å². The van der Waals surface area contributed by atoms with Crippen molar-refractivity contribution in [2.75, 3.05) is 13.2 Å². The molecule has 17 nitrogen and oxygen atoms in total. The maximum absolute atomic E-state index is 13.6. The van der Waals surface area contributed by atoms with Crippen LogP contribution in [0, 0.1) is 17.8 Å². The van der Waals surface area contributed by atoms with Gasteiger partial charge < -0.3 is 77.3 Å². The van der Waals surface area contributed by atoms with Crippen molar-refractivity contribution >= 4 is 5.97 Å². The number of fused-ring (bicyclic) bond motifs is 4. The second-order valence-electron chi connectivity index (χ2n) is 21.7. The molecule has 17 heteroatoms. The number of hydrogen-bond donors (Lipinski definition) is 4. The van der Waals surface area contributed by atoms with Gasteiger partial charge in [-0.05, 0) is 56.4 Å². The van der Waals surface area contributed by atoms with Crippen molar-refractivity contribution in [3.05, 3.63) is 12.2 Å². The molecule has 10 heterocycles. The van der Waals surface area contributed by atoms with Crippen LogP contribution >= 0.6 is 0 Å². The number of carbonyl (C=O) groups excluding carboxylic acids is 1. The van der Waals surface area contributed by atoms with E-state index in [2.05, 4.69) is 34.3 Å². The van der Waals surface area contributed by atoms with Crippen molar-refractivity contribution in [2.45, 2.75) is 252 Å². The molecule has 0 saturated carbocycles. The highest BCUT2D eigenvalue weighted by Gasteiger charge is 2.62. The van der Waals surface area contributed by atoms with Crippen LogP contribution in [-0.4, -0.2) is 180 Å². The van der Waals surface area contributed by atoms with E-state index in [9.17, 15) is 25.2 Å². The zero-order valence-electron chi connectivity index (χ0n) is 38.6. The Morgan fingerprint density at radius 1 is 0.754 bits per heavy atom. The average Bonchev–Trinajstić information content (AvgIpc) is 4.01. The molecule has 65 heavy (non-hydrogen) atoms. The first kappa shape index (κ1) is 47.3. The normalized spacial score (nSPS) is 53.2. The molecule has 10 aliphatic heterocycles. The Bertz CT molecular complexity index is 1680. The summed E-state index contributed by atoms with van der Waals surface area (Å²) in [6.45, 7) is 15.2. The highest BCUT2D eigenvalue weighted by atomic mass is 16.8. The standard InChI is InChI=1S/C48H74O17/c1-21(2)42-33(13-26(49)20-55-42)59-39-12-23(4)43-37(60-39)18-48(65-43)17-36-32(64-48)16-35-45(62-36)24(5)44(25(6)56-35)63-38(51)14-28-8-10-31-46(57-28)29(50)15-34(58-31)47-41(53)40(52)30(61-47)9-7-27-11-22(3)19-54-27/h21,23-37,39-47,49-50,52-53H,3,7-20H2,1-2,4-6H3/t23-,24+,25-,26+,27?,28?,29?,30?,31?,32+,33?,34?,35-,36+,37?,39?,40?,41?,42?,43?,44?,45-,46+,47?,48-/m0/s1. The highest BCUT2D eigenvalue weighted by Crippen LogP contribution is 2.52. The van der Waals surface area contributed by atoms with Crippen LogP contribution in [-0.2, 0) is 61.6 Å². The molecule has 15 unspecified atom stereocenters. The van der Waals surface area contributed by atoms with Crippen molar-refractivity contribution in [3.8, 4) is 0 Å². The van der Waals surface area contributed by atoms with Gasteiger partial charge in [0.1, 0.15) is 30.5 Å². The molecule has 10 rings (SSSR count). The van der Waals surface area contributed by atoms with Crippen LogP contribution in [0.5, 0.6) is 0 Å². The van der Waals surface area contributed by atoms with E-state index in [4.69, 9.17) is 56.8 Å². The lowest BCUT2D eigenvalue weighted by atomic mass is 9.83. The van der Waals surface area contributed by atoms with Crippen LogP contribution < -0.4 is 0 Å². The lowest BCUT2D eigenvalue weighted by molar-refractivity contribution is -0.281. The molecule has 368 valence electrons. The van der Waals surface area contributed by atoms with Crippen molar-refractivity contribution in [1.82, 2.24) is 0 Å². The second kappa shape index (κ2) is 19.1. The maximum atomic E-state index is 13.6. The number of rotatable bonds is 10. The van der Waals surface area contributed by atoms with E-state index in [1.54, 1.807) is 0 Å². The first-order chi connectivity index (χ1) is 31.1. The first-order valence-electron chi connectivity index (χ1n) is 24.9. The van der Waals surface area contributed by atoms with Gasteiger partial charge >= 0.3 is 5.97 Å². The van der Waals surface area contributed by atoms with Gasteiger partial charge in [-0.25, -0.2) is 0 Å². The topological polar surface area (TPSA) is 209 Å². The molecule has 1 spiro atoms. The van der Waals surface area contributed by atoms with E-state index in [-0.39, 0.29) is 91.6 Å². The maximum Gasteiger partial charge on any atom is 0.308 e. The fraction of sp³-hybridized carbons (Fsp3) is 0.938. The smallest absolute Gasteiger partial charge is 0.308 e. The summed E-state index contributed by atoms with van der Waals surface area (Å²) in [7, 11) is 0. The third kappa shape index (κ3) is 9.62. The predicted octanol–water partition coefficient (Wildman–Crippen LogP) is 2.77. The van der Waals surface area contributed by atoms with Gasteiger partial charge in [-0.1, -0.05) is 34.3 Å². The number of aliphatic hydroxyl groups is 4. The predicted molar refractivity (Wildman–Crippen MR) is 226 cm³/mol.